The second kappa shape index (κ2) is 6.83. The molecule has 0 aliphatic heterocycles. The molecule has 0 aliphatic carbocycles. The van der Waals surface area contributed by atoms with Crippen molar-refractivity contribution >= 4 is 40.5 Å². The van der Waals surface area contributed by atoms with E-state index in [-0.39, 0.29) is 5.91 Å². The molecule has 0 atom stereocenters. The third kappa shape index (κ3) is 4.13. The van der Waals surface area contributed by atoms with E-state index < -0.39 is 0 Å². The summed E-state index contributed by atoms with van der Waals surface area (Å²) in [6, 6.07) is 11.0. The fourth-order valence-electron chi connectivity index (χ4n) is 1.92. The fourth-order valence-corrected chi connectivity index (χ4v) is 2.38. The summed E-state index contributed by atoms with van der Waals surface area (Å²) in [5, 5.41) is 3.69. The zero-order valence-corrected chi connectivity index (χ0v) is 13.1. The molecule has 0 radical (unpaired) electrons. The maximum atomic E-state index is 12.0. The molecule has 2 aromatic rings. The van der Waals surface area contributed by atoms with Crippen molar-refractivity contribution in [3.05, 3.63) is 57.6 Å². The van der Waals surface area contributed by atoms with Gasteiger partial charge in [0.05, 0.1) is 15.7 Å². The highest BCUT2D eigenvalue weighted by atomic mass is 35.5. The van der Waals surface area contributed by atoms with Crippen molar-refractivity contribution in [1.82, 2.24) is 0 Å². The summed E-state index contributed by atoms with van der Waals surface area (Å²) in [4.78, 5) is 12.0. The van der Waals surface area contributed by atoms with Gasteiger partial charge in [0, 0.05) is 12.1 Å². The molecule has 110 valence electrons. The van der Waals surface area contributed by atoms with E-state index in [0.29, 0.717) is 34.3 Å². The van der Waals surface area contributed by atoms with Crippen molar-refractivity contribution in [1.29, 1.82) is 0 Å². The van der Waals surface area contributed by atoms with Crippen LogP contribution in [0.4, 0.5) is 11.4 Å². The largest absolute Gasteiger partial charge is 0.399 e. The number of carbonyl (C=O) groups excluding carboxylic acids is 1. The highest BCUT2D eigenvalue weighted by Crippen LogP contribution is 2.32. The van der Waals surface area contributed by atoms with Crippen molar-refractivity contribution in [2.45, 2.75) is 19.8 Å². The van der Waals surface area contributed by atoms with Gasteiger partial charge >= 0.3 is 0 Å². The molecule has 1 amide bonds. The van der Waals surface area contributed by atoms with Crippen LogP contribution >= 0.6 is 23.2 Å². The number of hydrogen-bond donors (Lipinski definition) is 2. The quantitative estimate of drug-likeness (QED) is 0.817. The Kier molecular flexibility index (Phi) is 5.10. The summed E-state index contributed by atoms with van der Waals surface area (Å²) in [6.07, 6.45) is 0.984. The van der Waals surface area contributed by atoms with Crippen LogP contribution in [-0.2, 0) is 11.2 Å². The zero-order valence-electron chi connectivity index (χ0n) is 11.6. The third-order valence-corrected chi connectivity index (χ3v) is 3.97. The van der Waals surface area contributed by atoms with Crippen LogP contribution in [0.3, 0.4) is 0 Å². The maximum absolute atomic E-state index is 12.0. The number of anilines is 2. The number of nitrogens with two attached hydrogens (primary N) is 1. The summed E-state index contributed by atoms with van der Waals surface area (Å²) < 4.78 is 0. The number of halogens is 2. The molecule has 0 spiro atoms. The summed E-state index contributed by atoms with van der Waals surface area (Å²) >= 11 is 12.2. The van der Waals surface area contributed by atoms with E-state index in [1.54, 1.807) is 6.07 Å². The molecule has 3 nitrogen and oxygen atoms in total. The highest BCUT2D eigenvalue weighted by molar-refractivity contribution is 6.40. The van der Waals surface area contributed by atoms with Gasteiger partial charge in [0.25, 0.3) is 0 Å². The lowest BCUT2D eigenvalue weighted by Gasteiger charge is -2.11. The van der Waals surface area contributed by atoms with Gasteiger partial charge in [-0.3, -0.25) is 4.79 Å². The summed E-state index contributed by atoms with van der Waals surface area (Å²) in [5.41, 5.74) is 8.73. The Morgan fingerprint density at radius 2 is 1.81 bits per heavy atom. The Hall–Kier alpha value is -1.71. The number of amides is 1. The predicted octanol–water partition coefficient (Wildman–Crippen LogP) is 4.46. The third-order valence-electron chi connectivity index (χ3n) is 3.17. The first-order valence-corrected chi connectivity index (χ1v) is 7.32. The van der Waals surface area contributed by atoms with Crippen molar-refractivity contribution in [3.8, 4) is 0 Å². The number of hydrogen-bond acceptors (Lipinski definition) is 2. The van der Waals surface area contributed by atoms with Gasteiger partial charge in [-0.15, -0.1) is 0 Å². The van der Waals surface area contributed by atoms with Gasteiger partial charge in [-0.05, 0) is 42.7 Å². The van der Waals surface area contributed by atoms with E-state index in [0.717, 1.165) is 11.1 Å². The van der Waals surface area contributed by atoms with Crippen LogP contribution in [0.25, 0.3) is 0 Å². The van der Waals surface area contributed by atoms with Crippen LogP contribution in [0, 0.1) is 6.92 Å². The lowest BCUT2D eigenvalue weighted by molar-refractivity contribution is -0.116. The van der Waals surface area contributed by atoms with E-state index in [9.17, 15) is 4.79 Å². The Labute approximate surface area is 134 Å². The molecule has 0 saturated carbocycles. The summed E-state index contributed by atoms with van der Waals surface area (Å²) in [5.74, 6) is -0.124. The topological polar surface area (TPSA) is 55.1 Å². The van der Waals surface area contributed by atoms with E-state index in [2.05, 4.69) is 5.32 Å². The van der Waals surface area contributed by atoms with Gasteiger partial charge in [-0.25, -0.2) is 0 Å². The Morgan fingerprint density at radius 1 is 1.14 bits per heavy atom. The minimum absolute atomic E-state index is 0.124. The first-order valence-electron chi connectivity index (χ1n) is 6.56. The van der Waals surface area contributed by atoms with E-state index in [4.69, 9.17) is 28.9 Å². The molecular formula is C16H16Cl2N2O. The minimum Gasteiger partial charge on any atom is -0.399 e. The zero-order chi connectivity index (χ0) is 15.4. The molecule has 0 saturated heterocycles. The summed E-state index contributed by atoms with van der Waals surface area (Å²) in [6.45, 7) is 1.86. The molecule has 0 unspecified atom stereocenters. The molecule has 0 aliphatic rings. The molecule has 0 aromatic heterocycles. The van der Waals surface area contributed by atoms with Gasteiger partial charge in [0.2, 0.25) is 5.91 Å². The van der Waals surface area contributed by atoms with Gasteiger partial charge in [-0.2, -0.15) is 0 Å². The fraction of sp³-hybridized carbons (Fsp3) is 0.188. The molecule has 3 N–H and O–H groups in total. The number of carbonyl (C=O) groups is 1. The second-order valence-electron chi connectivity index (χ2n) is 4.84. The Balaban J connectivity index is 1.99. The van der Waals surface area contributed by atoms with Crippen LogP contribution in [0.1, 0.15) is 17.5 Å². The van der Waals surface area contributed by atoms with Crippen molar-refractivity contribution in [3.63, 3.8) is 0 Å². The van der Waals surface area contributed by atoms with Crippen molar-refractivity contribution in [2.24, 2.45) is 0 Å². The van der Waals surface area contributed by atoms with Crippen LogP contribution in [0.15, 0.2) is 36.4 Å². The lowest BCUT2D eigenvalue weighted by Crippen LogP contribution is -2.13. The average Bonchev–Trinajstić information content (AvgIpc) is 2.47. The van der Waals surface area contributed by atoms with Gasteiger partial charge in [0.1, 0.15) is 0 Å². The smallest absolute Gasteiger partial charge is 0.224 e. The van der Waals surface area contributed by atoms with Crippen LogP contribution in [0.2, 0.25) is 10.0 Å². The Bertz CT molecular complexity index is 654. The van der Waals surface area contributed by atoms with Crippen molar-refractivity contribution in [2.75, 3.05) is 11.1 Å². The minimum atomic E-state index is -0.124. The predicted molar refractivity (Wildman–Crippen MR) is 89.0 cm³/mol. The molecule has 0 fully saturated rings. The standard InChI is InChI=1S/C16H16Cl2N2O/c1-10-2-8-13(17)16(15(10)18)20-14(21)9-5-11-3-6-12(19)7-4-11/h2-4,6-8H,5,9,19H2,1H3,(H,20,21). The number of rotatable bonds is 4. The molecule has 21 heavy (non-hydrogen) atoms. The average molecular weight is 323 g/mol. The highest BCUT2D eigenvalue weighted by Gasteiger charge is 2.11. The SMILES string of the molecule is Cc1ccc(Cl)c(NC(=O)CCc2ccc(N)cc2)c1Cl. The molecular weight excluding hydrogens is 307 g/mol. The van der Waals surface area contributed by atoms with Gasteiger partial charge in [0.15, 0.2) is 0 Å². The number of nitrogen functional groups attached to an aromatic ring is 1. The molecule has 0 bridgehead atoms. The lowest BCUT2D eigenvalue weighted by atomic mass is 10.1. The molecule has 2 rings (SSSR count). The second-order valence-corrected chi connectivity index (χ2v) is 5.63. The Morgan fingerprint density at radius 3 is 2.48 bits per heavy atom. The monoisotopic (exact) mass is 322 g/mol. The number of aryl methyl sites for hydroxylation is 2. The molecule has 2 aromatic carbocycles. The van der Waals surface area contributed by atoms with Crippen LogP contribution in [0.5, 0.6) is 0 Å². The maximum Gasteiger partial charge on any atom is 0.224 e. The van der Waals surface area contributed by atoms with Gasteiger partial charge in [-0.1, -0.05) is 41.4 Å². The van der Waals surface area contributed by atoms with Gasteiger partial charge < -0.3 is 11.1 Å². The van der Waals surface area contributed by atoms with Crippen LogP contribution in [-0.4, -0.2) is 5.91 Å². The summed E-state index contributed by atoms with van der Waals surface area (Å²) in [7, 11) is 0. The molecule has 0 heterocycles. The van der Waals surface area contributed by atoms with E-state index >= 15 is 0 Å². The van der Waals surface area contributed by atoms with Crippen LogP contribution < -0.4 is 11.1 Å². The van der Waals surface area contributed by atoms with Crippen molar-refractivity contribution < 1.29 is 4.79 Å². The van der Waals surface area contributed by atoms with E-state index in [1.807, 2.05) is 37.3 Å². The first-order chi connectivity index (χ1) is 9.97. The number of benzene rings is 2. The molecule has 5 heteroatoms. The van der Waals surface area contributed by atoms with E-state index in [1.165, 1.54) is 0 Å². The normalized spacial score (nSPS) is 10.4. The first kappa shape index (κ1) is 15.7. The number of nitrogens with one attached hydrogen (secondary N) is 1.